The molecule has 0 radical (unpaired) electrons. The molecule has 4 N–H and O–H groups in total. The monoisotopic (exact) mass is 255 g/mol. The Morgan fingerprint density at radius 2 is 2.12 bits per heavy atom. The van der Waals surface area contributed by atoms with Crippen molar-refractivity contribution in [1.82, 2.24) is 5.32 Å². The molecule has 1 atom stereocenters. The van der Waals surface area contributed by atoms with Gasteiger partial charge in [-0.25, -0.2) is 0 Å². The minimum Gasteiger partial charge on any atom is -0.397 e. The van der Waals surface area contributed by atoms with E-state index in [-0.39, 0.29) is 5.91 Å². The Morgan fingerprint density at radius 3 is 2.65 bits per heavy atom. The highest BCUT2D eigenvalue weighted by Gasteiger charge is 2.15. The zero-order valence-corrected chi connectivity index (χ0v) is 11.6. The summed E-state index contributed by atoms with van der Waals surface area (Å²) < 4.78 is 0. The van der Waals surface area contributed by atoms with Crippen molar-refractivity contribution < 1.29 is 4.79 Å². The van der Waals surface area contributed by atoms with Gasteiger partial charge in [-0.15, -0.1) is 11.3 Å². The fourth-order valence-electron chi connectivity index (χ4n) is 1.29. The first-order valence-electron chi connectivity index (χ1n) is 5.89. The summed E-state index contributed by atoms with van der Waals surface area (Å²) in [6.45, 7) is 8.92. The molecule has 1 amide bonds. The van der Waals surface area contributed by atoms with Gasteiger partial charge in [-0.2, -0.15) is 0 Å². The van der Waals surface area contributed by atoms with Crippen LogP contribution in [0, 0.1) is 5.92 Å². The summed E-state index contributed by atoms with van der Waals surface area (Å²) in [6.07, 6.45) is 0. The van der Waals surface area contributed by atoms with Crippen LogP contribution >= 0.6 is 11.3 Å². The lowest BCUT2D eigenvalue weighted by atomic mass is 10.1. The van der Waals surface area contributed by atoms with Crippen molar-refractivity contribution in [3.8, 4) is 0 Å². The van der Waals surface area contributed by atoms with Gasteiger partial charge in [0.05, 0.1) is 10.7 Å². The highest BCUT2D eigenvalue weighted by Crippen LogP contribution is 2.30. The molecular formula is C12H21N3OS. The number of nitrogens with one attached hydrogen (secondary N) is 2. The summed E-state index contributed by atoms with van der Waals surface area (Å²) >= 11 is 1.41. The SMILES string of the molecule is CCNC(=O)c1sc(NC(C)C(C)C)cc1N. The topological polar surface area (TPSA) is 67.2 Å². The van der Waals surface area contributed by atoms with Crippen LogP contribution in [-0.2, 0) is 0 Å². The van der Waals surface area contributed by atoms with E-state index in [0.29, 0.717) is 29.1 Å². The molecule has 0 bridgehead atoms. The van der Waals surface area contributed by atoms with E-state index in [0.717, 1.165) is 5.00 Å². The van der Waals surface area contributed by atoms with Gasteiger partial charge in [-0.3, -0.25) is 4.79 Å². The maximum absolute atomic E-state index is 11.7. The number of carbonyl (C=O) groups excluding carboxylic acids is 1. The molecule has 0 saturated carbocycles. The lowest BCUT2D eigenvalue weighted by Gasteiger charge is -2.16. The van der Waals surface area contributed by atoms with Crippen LogP contribution in [0.3, 0.4) is 0 Å². The number of nitrogens with two attached hydrogens (primary N) is 1. The average molecular weight is 255 g/mol. The number of carbonyl (C=O) groups is 1. The summed E-state index contributed by atoms with van der Waals surface area (Å²) in [5.41, 5.74) is 6.38. The van der Waals surface area contributed by atoms with Crippen molar-refractivity contribution in [3.05, 3.63) is 10.9 Å². The van der Waals surface area contributed by atoms with Crippen LogP contribution in [0.15, 0.2) is 6.07 Å². The summed E-state index contributed by atoms with van der Waals surface area (Å²) in [4.78, 5) is 12.3. The number of hydrogen-bond donors (Lipinski definition) is 3. The molecule has 1 unspecified atom stereocenters. The van der Waals surface area contributed by atoms with Crippen LogP contribution in [0.2, 0.25) is 0 Å². The first-order chi connectivity index (χ1) is 7.95. The van der Waals surface area contributed by atoms with Crippen molar-refractivity contribution in [2.45, 2.75) is 33.7 Å². The average Bonchev–Trinajstić information content (AvgIpc) is 2.59. The number of rotatable bonds is 5. The minimum atomic E-state index is -0.0970. The molecule has 96 valence electrons. The molecule has 0 fully saturated rings. The van der Waals surface area contributed by atoms with E-state index in [1.54, 1.807) is 0 Å². The zero-order valence-electron chi connectivity index (χ0n) is 10.8. The van der Waals surface area contributed by atoms with Gasteiger partial charge in [0.1, 0.15) is 4.88 Å². The second-order valence-electron chi connectivity index (χ2n) is 4.43. The molecule has 1 aromatic rings. The first-order valence-corrected chi connectivity index (χ1v) is 6.71. The maximum atomic E-state index is 11.7. The number of thiophene rings is 1. The van der Waals surface area contributed by atoms with Gasteiger partial charge in [0.15, 0.2) is 0 Å². The highest BCUT2D eigenvalue weighted by molar-refractivity contribution is 7.18. The number of amides is 1. The Hall–Kier alpha value is -1.23. The van der Waals surface area contributed by atoms with E-state index < -0.39 is 0 Å². The van der Waals surface area contributed by atoms with Gasteiger partial charge in [-0.1, -0.05) is 13.8 Å². The molecule has 0 aliphatic rings. The highest BCUT2D eigenvalue weighted by atomic mass is 32.1. The third-order valence-corrected chi connectivity index (χ3v) is 3.76. The quantitative estimate of drug-likeness (QED) is 0.757. The third-order valence-electron chi connectivity index (χ3n) is 2.67. The molecule has 1 heterocycles. The molecule has 0 aromatic carbocycles. The molecule has 5 heteroatoms. The maximum Gasteiger partial charge on any atom is 0.263 e. The van der Waals surface area contributed by atoms with Crippen LogP contribution in [0.1, 0.15) is 37.4 Å². The summed E-state index contributed by atoms with van der Waals surface area (Å²) in [7, 11) is 0. The standard InChI is InChI=1S/C12H21N3OS/c1-5-14-12(16)11-9(13)6-10(17-11)15-8(4)7(2)3/h6-8,15H,5,13H2,1-4H3,(H,14,16). The molecule has 0 aliphatic heterocycles. The first kappa shape index (κ1) is 13.8. The van der Waals surface area contributed by atoms with Crippen molar-refractivity contribution in [1.29, 1.82) is 0 Å². The molecule has 0 saturated heterocycles. The van der Waals surface area contributed by atoms with E-state index in [9.17, 15) is 4.79 Å². The minimum absolute atomic E-state index is 0.0970. The van der Waals surface area contributed by atoms with Gasteiger partial charge in [0.25, 0.3) is 5.91 Å². The predicted molar refractivity (Wildman–Crippen MR) is 74.7 cm³/mol. The lowest BCUT2D eigenvalue weighted by Crippen LogP contribution is -2.22. The third kappa shape index (κ3) is 3.63. The number of nitrogen functional groups attached to an aromatic ring is 1. The van der Waals surface area contributed by atoms with Crippen molar-refractivity contribution in [3.63, 3.8) is 0 Å². The Bertz CT molecular complexity index is 387. The molecule has 4 nitrogen and oxygen atoms in total. The van der Waals surface area contributed by atoms with E-state index in [2.05, 4.69) is 31.4 Å². The second kappa shape index (κ2) is 5.91. The normalized spacial score (nSPS) is 12.5. The van der Waals surface area contributed by atoms with Crippen LogP contribution in [0.5, 0.6) is 0 Å². The predicted octanol–water partition coefficient (Wildman–Crippen LogP) is 2.54. The van der Waals surface area contributed by atoms with Gasteiger partial charge in [0, 0.05) is 12.6 Å². The van der Waals surface area contributed by atoms with Gasteiger partial charge in [-0.05, 0) is 25.8 Å². The molecule has 17 heavy (non-hydrogen) atoms. The second-order valence-corrected chi connectivity index (χ2v) is 5.48. The van der Waals surface area contributed by atoms with E-state index in [4.69, 9.17) is 5.73 Å². The Morgan fingerprint density at radius 1 is 1.47 bits per heavy atom. The van der Waals surface area contributed by atoms with Crippen molar-refractivity contribution in [2.75, 3.05) is 17.6 Å². The van der Waals surface area contributed by atoms with Gasteiger partial charge >= 0.3 is 0 Å². The number of anilines is 2. The summed E-state index contributed by atoms with van der Waals surface area (Å²) in [6, 6.07) is 2.18. The molecule has 0 aliphatic carbocycles. The molecule has 1 aromatic heterocycles. The van der Waals surface area contributed by atoms with Crippen molar-refractivity contribution >= 4 is 27.9 Å². The van der Waals surface area contributed by atoms with Gasteiger partial charge < -0.3 is 16.4 Å². The van der Waals surface area contributed by atoms with Crippen LogP contribution in [0.25, 0.3) is 0 Å². The smallest absolute Gasteiger partial charge is 0.263 e. The number of hydrogen-bond acceptors (Lipinski definition) is 4. The Kier molecular flexibility index (Phi) is 4.81. The van der Waals surface area contributed by atoms with E-state index in [1.807, 2.05) is 13.0 Å². The summed E-state index contributed by atoms with van der Waals surface area (Å²) in [5, 5.41) is 7.06. The van der Waals surface area contributed by atoms with Crippen LogP contribution in [-0.4, -0.2) is 18.5 Å². The molecule has 1 rings (SSSR count). The van der Waals surface area contributed by atoms with E-state index >= 15 is 0 Å². The van der Waals surface area contributed by atoms with Gasteiger partial charge in [0.2, 0.25) is 0 Å². The fourth-order valence-corrected chi connectivity index (χ4v) is 2.28. The molecule has 0 spiro atoms. The summed E-state index contributed by atoms with van der Waals surface area (Å²) in [5.74, 6) is 0.437. The van der Waals surface area contributed by atoms with Crippen molar-refractivity contribution in [2.24, 2.45) is 5.92 Å². The lowest BCUT2D eigenvalue weighted by molar-refractivity contribution is 0.0960. The Labute approximate surface area is 107 Å². The fraction of sp³-hybridized carbons (Fsp3) is 0.583. The largest absolute Gasteiger partial charge is 0.397 e. The zero-order chi connectivity index (χ0) is 13.0. The Balaban J connectivity index is 2.78. The van der Waals surface area contributed by atoms with Crippen LogP contribution < -0.4 is 16.4 Å². The van der Waals surface area contributed by atoms with Crippen LogP contribution in [0.4, 0.5) is 10.7 Å². The van der Waals surface area contributed by atoms with E-state index in [1.165, 1.54) is 11.3 Å². The molecular weight excluding hydrogens is 234 g/mol.